The van der Waals surface area contributed by atoms with Gasteiger partial charge in [-0.2, -0.15) is 38.5 Å². The van der Waals surface area contributed by atoms with Crippen molar-refractivity contribution in [3.05, 3.63) is 96.3 Å². The number of rotatable bonds is 24. The maximum atomic E-state index is 12.7. The zero-order chi connectivity index (χ0) is 50.8. The number of hydrogen-bond acceptors (Lipinski definition) is 28. The molecule has 1 atom stereocenters. The second-order valence-electron chi connectivity index (χ2n) is 13.4. The van der Waals surface area contributed by atoms with Gasteiger partial charge in [0.25, 0.3) is 0 Å². The second kappa shape index (κ2) is 31.2. The second-order valence-corrected chi connectivity index (χ2v) is 20.6. The number of benzene rings is 4. The summed E-state index contributed by atoms with van der Waals surface area (Å²) >= 11 is -0.885. The number of aryl methyl sites for hydroxylation is 2. The topological polar surface area (TPSA) is 402 Å². The van der Waals surface area contributed by atoms with Crippen LogP contribution in [0.3, 0.4) is 0 Å². The number of aromatic nitrogens is 4. The quantitative estimate of drug-likeness (QED) is 0.00830. The normalized spacial score (nSPS) is 12.2. The average molecular weight is 1180 g/mol. The fraction of sp³-hybridized carbons (Fsp3) is 0.167. The number of nitrogens with zero attached hydrogens (tertiary/aromatic N) is 8. The molecule has 374 valence electrons. The van der Waals surface area contributed by atoms with E-state index in [9.17, 15) is 59.3 Å². The van der Waals surface area contributed by atoms with Gasteiger partial charge in [-0.25, -0.2) is 34.3 Å². The molecule has 0 radical (unpaired) electrons. The third-order valence-corrected chi connectivity index (χ3v) is 13.9. The molecule has 1 unspecified atom stereocenters. The van der Waals surface area contributed by atoms with E-state index >= 15 is 0 Å². The summed E-state index contributed by atoms with van der Waals surface area (Å²) in [6.07, 6.45) is 0. The molecule has 0 bridgehead atoms. The van der Waals surface area contributed by atoms with Gasteiger partial charge >= 0.3 is 118 Å². The van der Waals surface area contributed by atoms with Crippen LogP contribution in [-0.2, 0) is 73.6 Å². The van der Waals surface area contributed by atoms with Gasteiger partial charge in [0.05, 0.1) is 92.7 Å². The maximum absolute atomic E-state index is 12.7. The summed E-state index contributed by atoms with van der Waals surface area (Å²) in [4.78, 5) is 4.37. The van der Waals surface area contributed by atoms with E-state index in [1.165, 1.54) is 56.3 Å². The van der Waals surface area contributed by atoms with Gasteiger partial charge < -0.3 is 29.8 Å². The van der Waals surface area contributed by atoms with E-state index in [0.717, 1.165) is 39.6 Å². The van der Waals surface area contributed by atoms with Gasteiger partial charge in [0.1, 0.15) is 10.1 Å². The summed E-state index contributed by atoms with van der Waals surface area (Å²) in [7, 11) is -14.4. The molecule has 74 heavy (non-hydrogen) atoms. The number of azo groups is 2. The van der Waals surface area contributed by atoms with Crippen molar-refractivity contribution in [2.45, 2.75) is 33.4 Å². The van der Waals surface area contributed by atoms with Crippen LogP contribution in [0.25, 0.3) is 22.5 Å². The fourth-order valence-corrected chi connectivity index (χ4v) is 9.32. The van der Waals surface area contributed by atoms with E-state index in [0.29, 0.717) is 22.6 Å². The third-order valence-electron chi connectivity index (χ3n) is 8.90. The predicted octanol–water partition coefficient (Wildman–Crippen LogP) is -8.17. The molecule has 0 fully saturated rings. The largest absolute Gasteiger partial charge is 1.00 e. The Morgan fingerprint density at radius 3 is 1.70 bits per heavy atom. The van der Waals surface area contributed by atoms with Gasteiger partial charge in [-0.15, -0.1) is 14.6 Å². The first kappa shape index (κ1) is 68.5. The molecule has 0 saturated heterocycles. The van der Waals surface area contributed by atoms with Gasteiger partial charge in [0.2, 0.25) is 22.2 Å². The first-order chi connectivity index (χ1) is 33.2. The predicted molar refractivity (Wildman–Crippen MR) is 232 cm³/mol. The van der Waals surface area contributed by atoms with Crippen molar-refractivity contribution < 1.29 is 210 Å². The first-order valence-electron chi connectivity index (χ1n) is 18.8. The summed E-state index contributed by atoms with van der Waals surface area (Å²) in [6, 6.07) is 18.6. The Bertz CT molecular complexity index is 3290. The third kappa shape index (κ3) is 19.0. The van der Waals surface area contributed by atoms with Crippen molar-refractivity contribution >= 4 is 88.3 Å². The molecule has 28 nitrogen and oxygen atoms in total. The molecule has 38 heteroatoms. The molecule has 0 saturated carbocycles. The Kier molecular flexibility index (Phi) is 28.9. The Hall–Kier alpha value is -1.64. The van der Waals surface area contributed by atoms with Gasteiger partial charge in [-0.05, 0) is 92.2 Å². The maximum Gasteiger partial charge on any atom is 1.00 e. The smallest absolute Gasteiger partial charge is 0.744 e. The minimum absolute atomic E-state index is 0. The zero-order valence-corrected chi connectivity index (χ0v) is 52.1. The molecule has 2 heterocycles. The zero-order valence-electron chi connectivity index (χ0n) is 39.2. The summed E-state index contributed by atoms with van der Waals surface area (Å²) in [5.74, 6) is -1.99. The molecule has 4 aromatic carbocycles. The van der Waals surface area contributed by atoms with Crippen LogP contribution in [0.5, 0.6) is 11.8 Å². The van der Waals surface area contributed by atoms with Crippen LogP contribution in [0.4, 0.5) is 22.7 Å². The SMILES string of the molecule is Cc1nn(-c2ccc(S(=O)(=O)CCOS(=O)(=O)[O-])cc2)c(O)c1N=Nc1ccc(-c2ccc(N=Nc3c(C)nn(-c4ccc(SOOCCS(=O)OO[O-])cc4)c3O)cc2S(=O)(=O)[O-])c(SOO[O-])c1.[Na+].[Na+].[Na+].[Na+]. The van der Waals surface area contributed by atoms with Crippen LogP contribution in [0.1, 0.15) is 11.4 Å². The van der Waals surface area contributed by atoms with Crippen LogP contribution in [0.2, 0.25) is 0 Å². The van der Waals surface area contributed by atoms with Crippen LogP contribution in [-0.4, -0.2) is 93.1 Å². The van der Waals surface area contributed by atoms with Crippen molar-refractivity contribution in [2.75, 3.05) is 24.7 Å². The van der Waals surface area contributed by atoms with Crippen LogP contribution in [0, 0.1) is 13.8 Å². The number of sulfone groups is 1. The van der Waals surface area contributed by atoms with Gasteiger partial charge in [-0.1, -0.05) is 12.1 Å². The van der Waals surface area contributed by atoms with E-state index in [1.54, 1.807) is 24.3 Å². The molecule has 0 amide bonds. The van der Waals surface area contributed by atoms with Crippen molar-refractivity contribution in [1.29, 1.82) is 0 Å². The number of aromatic hydroxyl groups is 2. The minimum atomic E-state index is -5.25. The summed E-state index contributed by atoms with van der Waals surface area (Å²) in [6.45, 7) is 1.92. The molecular weight excluding hydrogens is 1150 g/mol. The van der Waals surface area contributed by atoms with Crippen LogP contribution in [0.15, 0.2) is 125 Å². The van der Waals surface area contributed by atoms with Crippen LogP contribution < -0.4 is 129 Å². The standard InChI is InChI=1S/C36H34N8O20S6.4Na/c1-21-33(36(46)44(42-21)26-7-11-28(12-8-26)68(50,51)18-16-59-70(55,56)57)39-37-23-3-13-29(31(19-23)66-63-60-47)30-14-4-24(20-32(30)69(52,53)54)38-40-34-22(2)41-43(35(34)45)25-5-9-27(10-6-25)65-62-58-15-17-67(49)64-61-48;;;;/h3-14,19-20,45-48H,15-18H2,1-2H3,(H,52,53,54)(H,55,56,57);;;;/q;4*+1/p-4. The molecule has 0 aliphatic rings. The van der Waals surface area contributed by atoms with Crippen molar-refractivity contribution in [3.8, 4) is 34.3 Å². The Labute approximate surface area is 520 Å². The van der Waals surface area contributed by atoms with Gasteiger partial charge in [0, 0.05) is 15.4 Å². The van der Waals surface area contributed by atoms with Gasteiger partial charge in [-0.3, -0.25) is 14.3 Å². The Balaban J connectivity index is 0.00000469. The molecule has 0 aliphatic heterocycles. The first-order valence-corrected chi connectivity index (χ1v) is 25.9. The summed E-state index contributed by atoms with van der Waals surface area (Å²) in [5.41, 5.74) is 0.450. The van der Waals surface area contributed by atoms with Crippen molar-refractivity contribution in [3.63, 3.8) is 0 Å². The molecule has 0 spiro atoms. The molecule has 6 rings (SSSR count). The van der Waals surface area contributed by atoms with E-state index in [1.807, 2.05) is 0 Å². The Morgan fingerprint density at radius 1 is 0.662 bits per heavy atom. The monoisotopic (exact) mass is 1180 g/mol. The fourth-order valence-electron chi connectivity index (χ4n) is 5.81. The minimum Gasteiger partial charge on any atom is -0.744 e. The molecule has 2 aromatic heterocycles. The van der Waals surface area contributed by atoms with Crippen molar-refractivity contribution in [2.24, 2.45) is 20.5 Å². The summed E-state index contributed by atoms with van der Waals surface area (Å²) < 4.78 is 126. The average Bonchev–Trinajstić information content (AvgIpc) is 3.76. The van der Waals surface area contributed by atoms with E-state index < -0.39 is 70.5 Å². The van der Waals surface area contributed by atoms with E-state index in [-0.39, 0.29) is 191 Å². The molecule has 6 aromatic rings. The van der Waals surface area contributed by atoms with Crippen LogP contribution >= 0.6 is 24.1 Å². The number of hydrogen-bond donors (Lipinski definition) is 2. The Morgan fingerprint density at radius 2 is 1.19 bits per heavy atom. The van der Waals surface area contributed by atoms with Crippen molar-refractivity contribution in [1.82, 2.24) is 19.6 Å². The summed E-state index contributed by atoms with van der Waals surface area (Å²) in [5, 5.41) is 74.0. The molecule has 0 aliphatic carbocycles. The molecule has 2 N–H and O–H groups in total. The van der Waals surface area contributed by atoms with Gasteiger partial charge in [0.15, 0.2) is 32.3 Å². The van der Waals surface area contributed by atoms with E-state index in [2.05, 4.69) is 53.6 Å². The van der Waals surface area contributed by atoms with E-state index in [4.69, 9.17) is 9.22 Å². The molecular formula is C36H30N8Na4O20S6.